The van der Waals surface area contributed by atoms with E-state index in [-0.39, 0.29) is 5.82 Å². The van der Waals surface area contributed by atoms with Gasteiger partial charge in [-0.05, 0) is 38.2 Å². The van der Waals surface area contributed by atoms with Crippen LogP contribution in [0.3, 0.4) is 0 Å². The Kier molecular flexibility index (Phi) is 4.63. The third kappa shape index (κ3) is 3.25. The van der Waals surface area contributed by atoms with Crippen molar-refractivity contribution in [1.82, 2.24) is 15.5 Å². The average molecular weight is 286 g/mol. The molecule has 96 valence electrons. The molecule has 3 nitrogen and oxygen atoms in total. The summed E-state index contributed by atoms with van der Waals surface area (Å²) < 4.78 is 13.7. The fourth-order valence-corrected chi connectivity index (χ4v) is 2.61. The number of rotatable bonds is 5. The molecule has 1 N–H and O–H groups in total. The van der Waals surface area contributed by atoms with Crippen LogP contribution in [0.1, 0.15) is 11.4 Å². The summed E-state index contributed by atoms with van der Waals surface area (Å²) in [5.41, 5.74) is 0.455. The van der Waals surface area contributed by atoms with Crippen LogP contribution in [-0.2, 0) is 6.42 Å². The van der Waals surface area contributed by atoms with E-state index in [4.69, 9.17) is 11.6 Å². The van der Waals surface area contributed by atoms with Crippen molar-refractivity contribution in [3.8, 4) is 10.6 Å². The van der Waals surface area contributed by atoms with Crippen LogP contribution >= 0.6 is 22.9 Å². The van der Waals surface area contributed by atoms with E-state index in [0.717, 1.165) is 24.4 Å². The van der Waals surface area contributed by atoms with E-state index in [1.165, 1.54) is 17.4 Å². The van der Waals surface area contributed by atoms with Crippen molar-refractivity contribution in [1.29, 1.82) is 0 Å². The number of aromatic nitrogens is 2. The molecule has 0 aliphatic rings. The molecular formula is C12H13ClFN3S. The lowest BCUT2D eigenvalue weighted by Crippen LogP contribution is -2.08. The third-order valence-corrected chi connectivity index (χ3v) is 3.70. The molecule has 0 aliphatic heterocycles. The highest BCUT2D eigenvalue weighted by Crippen LogP contribution is 2.28. The molecular weight excluding hydrogens is 273 g/mol. The van der Waals surface area contributed by atoms with E-state index in [2.05, 4.69) is 15.5 Å². The van der Waals surface area contributed by atoms with E-state index < -0.39 is 0 Å². The minimum atomic E-state index is -0.361. The molecule has 0 aliphatic carbocycles. The number of hydrogen-bond acceptors (Lipinski definition) is 4. The van der Waals surface area contributed by atoms with Gasteiger partial charge in [0.25, 0.3) is 0 Å². The summed E-state index contributed by atoms with van der Waals surface area (Å²) >= 11 is 7.14. The van der Waals surface area contributed by atoms with Crippen LogP contribution in [0.5, 0.6) is 0 Å². The first-order valence-corrected chi connectivity index (χ1v) is 6.82. The lowest BCUT2D eigenvalue weighted by atomic mass is 10.2. The Hall–Kier alpha value is -1.04. The molecule has 6 heteroatoms. The highest BCUT2D eigenvalue weighted by atomic mass is 35.5. The number of nitrogens with one attached hydrogen (secondary N) is 1. The Morgan fingerprint density at radius 2 is 2.22 bits per heavy atom. The molecule has 0 bridgehead atoms. The highest BCUT2D eigenvalue weighted by molar-refractivity contribution is 7.14. The van der Waals surface area contributed by atoms with Crippen LogP contribution < -0.4 is 5.32 Å². The predicted octanol–water partition coefficient (Wildman–Crippen LogP) is 3.15. The molecule has 2 aromatic rings. The second kappa shape index (κ2) is 6.22. The van der Waals surface area contributed by atoms with E-state index >= 15 is 0 Å². The topological polar surface area (TPSA) is 37.8 Å². The van der Waals surface area contributed by atoms with Crippen molar-refractivity contribution < 1.29 is 4.39 Å². The lowest BCUT2D eigenvalue weighted by Gasteiger charge is -1.98. The van der Waals surface area contributed by atoms with Crippen molar-refractivity contribution in [3.05, 3.63) is 34.0 Å². The molecule has 1 aromatic carbocycles. The normalized spacial score (nSPS) is 10.8. The zero-order valence-corrected chi connectivity index (χ0v) is 11.5. The van der Waals surface area contributed by atoms with Gasteiger partial charge in [-0.25, -0.2) is 4.39 Å². The first-order valence-electron chi connectivity index (χ1n) is 5.63. The van der Waals surface area contributed by atoms with Crippen LogP contribution in [0, 0.1) is 5.82 Å². The van der Waals surface area contributed by atoms with Crippen molar-refractivity contribution in [2.24, 2.45) is 0 Å². The first kappa shape index (κ1) is 13.4. The fraction of sp³-hybridized carbons (Fsp3) is 0.333. The van der Waals surface area contributed by atoms with Gasteiger partial charge in [-0.2, -0.15) is 0 Å². The van der Waals surface area contributed by atoms with Crippen LogP contribution in [-0.4, -0.2) is 23.8 Å². The molecule has 0 spiro atoms. The smallest absolute Gasteiger partial charge is 0.150 e. The van der Waals surface area contributed by atoms with Crippen molar-refractivity contribution in [2.45, 2.75) is 12.8 Å². The van der Waals surface area contributed by atoms with Crippen molar-refractivity contribution in [2.75, 3.05) is 13.6 Å². The molecule has 1 aromatic heterocycles. The summed E-state index contributed by atoms with van der Waals surface area (Å²) in [7, 11) is 1.91. The van der Waals surface area contributed by atoms with Gasteiger partial charge in [-0.3, -0.25) is 0 Å². The van der Waals surface area contributed by atoms with E-state index in [0.29, 0.717) is 15.6 Å². The Morgan fingerprint density at radius 3 is 2.94 bits per heavy atom. The highest BCUT2D eigenvalue weighted by Gasteiger charge is 2.11. The van der Waals surface area contributed by atoms with Crippen molar-refractivity contribution in [3.63, 3.8) is 0 Å². The Bertz CT molecular complexity index is 530. The minimum absolute atomic E-state index is 0.361. The summed E-state index contributed by atoms with van der Waals surface area (Å²) in [6.07, 6.45) is 1.85. The van der Waals surface area contributed by atoms with Crippen LogP contribution in [0.4, 0.5) is 4.39 Å². The van der Waals surface area contributed by atoms with Crippen LogP contribution in [0.15, 0.2) is 18.2 Å². The number of nitrogens with zero attached hydrogens (tertiary/aromatic N) is 2. The summed E-state index contributed by atoms with van der Waals surface area (Å²) in [4.78, 5) is 0. The maximum absolute atomic E-state index is 13.7. The van der Waals surface area contributed by atoms with Gasteiger partial charge in [0.2, 0.25) is 0 Å². The zero-order valence-electron chi connectivity index (χ0n) is 9.91. The van der Waals surface area contributed by atoms with Crippen LogP contribution in [0.25, 0.3) is 10.6 Å². The quantitative estimate of drug-likeness (QED) is 0.858. The molecule has 0 unspecified atom stereocenters. The molecule has 0 fully saturated rings. The van der Waals surface area contributed by atoms with Gasteiger partial charge in [0.15, 0.2) is 5.01 Å². The van der Waals surface area contributed by atoms with Gasteiger partial charge in [0.1, 0.15) is 10.8 Å². The van der Waals surface area contributed by atoms with Gasteiger partial charge in [-0.15, -0.1) is 10.2 Å². The fourth-order valence-electron chi connectivity index (χ4n) is 1.54. The SMILES string of the molecule is CNCCCc1nnc(-c2ccc(Cl)cc2F)s1. The number of hydrogen-bond donors (Lipinski definition) is 1. The second-order valence-corrected chi connectivity index (χ2v) is 5.33. The summed E-state index contributed by atoms with van der Waals surface area (Å²) in [5, 5.41) is 13.1. The van der Waals surface area contributed by atoms with E-state index in [9.17, 15) is 4.39 Å². The number of halogens is 2. The summed E-state index contributed by atoms with van der Waals surface area (Å²) in [5.74, 6) is -0.361. The molecule has 2 rings (SSSR count). The Morgan fingerprint density at radius 1 is 1.39 bits per heavy atom. The van der Waals surface area contributed by atoms with Gasteiger partial charge in [-0.1, -0.05) is 22.9 Å². The molecule has 18 heavy (non-hydrogen) atoms. The molecule has 0 saturated carbocycles. The minimum Gasteiger partial charge on any atom is -0.320 e. The largest absolute Gasteiger partial charge is 0.320 e. The van der Waals surface area contributed by atoms with Gasteiger partial charge < -0.3 is 5.32 Å². The van der Waals surface area contributed by atoms with E-state index in [1.54, 1.807) is 12.1 Å². The average Bonchev–Trinajstić information content (AvgIpc) is 2.78. The van der Waals surface area contributed by atoms with Gasteiger partial charge >= 0.3 is 0 Å². The second-order valence-electron chi connectivity index (χ2n) is 3.83. The number of benzene rings is 1. The van der Waals surface area contributed by atoms with Gasteiger partial charge in [0.05, 0.1) is 0 Å². The molecule has 0 atom stereocenters. The standard InChI is InChI=1S/C12H13ClFN3S/c1-15-6-2-3-11-16-17-12(18-11)9-5-4-8(13)7-10(9)14/h4-5,7,15H,2-3,6H2,1H3. The number of aryl methyl sites for hydroxylation is 1. The molecule has 0 saturated heterocycles. The van der Waals surface area contributed by atoms with Gasteiger partial charge in [0, 0.05) is 17.0 Å². The Balaban J connectivity index is 2.13. The first-order chi connectivity index (χ1) is 8.70. The lowest BCUT2D eigenvalue weighted by molar-refractivity contribution is 0.631. The predicted molar refractivity (Wildman–Crippen MR) is 72.6 cm³/mol. The summed E-state index contributed by atoms with van der Waals surface area (Å²) in [6.45, 7) is 0.935. The zero-order chi connectivity index (χ0) is 13.0. The third-order valence-electron chi connectivity index (χ3n) is 2.45. The molecule has 1 heterocycles. The monoisotopic (exact) mass is 285 g/mol. The maximum Gasteiger partial charge on any atom is 0.150 e. The van der Waals surface area contributed by atoms with Crippen LogP contribution in [0.2, 0.25) is 5.02 Å². The molecule has 0 radical (unpaired) electrons. The molecule has 0 amide bonds. The summed E-state index contributed by atoms with van der Waals surface area (Å²) in [6, 6.07) is 4.58. The van der Waals surface area contributed by atoms with E-state index in [1.807, 2.05) is 7.05 Å². The Labute approximate surface area is 114 Å². The maximum atomic E-state index is 13.7. The van der Waals surface area contributed by atoms with Crippen molar-refractivity contribution >= 4 is 22.9 Å².